The Morgan fingerprint density at radius 1 is 1.31 bits per heavy atom. The van der Waals surface area contributed by atoms with Crippen molar-refractivity contribution >= 4 is 54.9 Å². The molecular weight excluding hydrogens is 566 g/mol. The fourth-order valence-electron chi connectivity index (χ4n) is 4.84. The topological polar surface area (TPSA) is 134 Å². The number of nitrogens with zero attached hydrogens (tertiary/aromatic N) is 3. The normalized spacial score (nSPS) is 20.2. The van der Waals surface area contributed by atoms with E-state index in [9.17, 15) is 18.0 Å². The van der Waals surface area contributed by atoms with Gasteiger partial charge < -0.3 is 24.7 Å². The largest absolute Gasteiger partial charge is 0.436 e. The molecule has 3 aromatic rings. The molecule has 14 heteroatoms. The Morgan fingerprint density at radius 3 is 2.92 bits per heavy atom. The molecule has 1 fully saturated rings. The van der Waals surface area contributed by atoms with Crippen LogP contribution in [0.3, 0.4) is 0 Å². The molecule has 0 radical (unpaired) electrons. The second-order valence-corrected chi connectivity index (χ2v) is 13.3. The van der Waals surface area contributed by atoms with Crippen molar-refractivity contribution in [1.29, 1.82) is 0 Å². The third-order valence-corrected chi connectivity index (χ3v) is 10.6. The van der Waals surface area contributed by atoms with Crippen molar-refractivity contribution in [3.63, 3.8) is 0 Å². The number of piperazine rings is 1. The van der Waals surface area contributed by atoms with E-state index < -0.39 is 22.0 Å². The predicted octanol–water partition coefficient (Wildman–Crippen LogP) is 2.24. The molecule has 2 N–H and O–H groups in total. The molecule has 1 saturated heterocycles. The van der Waals surface area contributed by atoms with Crippen LogP contribution in [0.4, 0.5) is 0 Å². The molecule has 2 aliphatic rings. The number of sulfonamides is 1. The molecule has 2 amide bonds. The summed E-state index contributed by atoms with van der Waals surface area (Å²) < 4.78 is 40.6. The summed E-state index contributed by atoms with van der Waals surface area (Å²) in [4.78, 5) is 32.1. The summed E-state index contributed by atoms with van der Waals surface area (Å²) in [6.45, 7) is 3.34. The van der Waals surface area contributed by atoms with E-state index in [-0.39, 0.29) is 48.1 Å². The minimum absolute atomic E-state index is 0.0168. The highest BCUT2D eigenvalue weighted by molar-refractivity contribution is 7.91. The van der Waals surface area contributed by atoms with E-state index in [4.69, 9.17) is 20.8 Å². The molecule has 39 heavy (non-hydrogen) atoms. The average Bonchev–Trinajstić information content (AvgIpc) is 3.52. The first kappa shape index (κ1) is 28.0. The van der Waals surface area contributed by atoms with Gasteiger partial charge in [-0.2, -0.15) is 4.31 Å². The van der Waals surface area contributed by atoms with Crippen LogP contribution in [0.1, 0.15) is 35.5 Å². The van der Waals surface area contributed by atoms with Crippen molar-refractivity contribution < 1.29 is 27.2 Å². The van der Waals surface area contributed by atoms with E-state index in [0.717, 1.165) is 27.1 Å². The summed E-state index contributed by atoms with van der Waals surface area (Å²) in [5, 5.41) is 7.31. The molecule has 4 heterocycles. The number of nitrogens with one attached hydrogen (secondary N) is 2. The Kier molecular flexibility index (Phi) is 8.26. The molecular formula is C25H30ClN5O6S2. The van der Waals surface area contributed by atoms with Crippen LogP contribution < -0.4 is 10.6 Å². The van der Waals surface area contributed by atoms with E-state index in [1.54, 1.807) is 24.3 Å². The number of rotatable bonds is 8. The molecule has 2 aliphatic heterocycles. The van der Waals surface area contributed by atoms with E-state index in [1.807, 2.05) is 6.92 Å². The number of hydrogen-bond acceptors (Lipinski definition) is 9. The number of thiophene rings is 1. The van der Waals surface area contributed by atoms with Gasteiger partial charge in [-0.15, -0.1) is 11.3 Å². The van der Waals surface area contributed by atoms with Gasteiger partial charge in [-0.3, -0.25) is 9.59 Å². The molecule has 0 saturated carbocycles. The number of aromatic nitrogens is 1. The molecule has 2 unspecified atom stereocenters. The van der Waals surface area contributed by atoms with Gasteiger partial charge in [-0.25, -0.2) is 13.4 Å². The molecule has 5 rings (SSSR count). The standard InChI is InChI=1S/C25H30ClN5O6S2/c1-15-9-19-20(13-28-15)37-24(29-19)25(33)30-6-7-31(18(14-30)12-22(32)27-5-8-36-2)39(34,35)23-10-16-3-4-17(26)11-21(16)38-23/h3-4,10-11,15,18,28H,5-9,12-14H2,1-2H3,(H,27,32). The monoisotopic (exact) mass is 595 g/mol. The summed E-state index contributed by atoms with van der Waals surface area (Å²) in [5.74, 6) is -0.134. The highest BCUT2D eigenvalue weighted by Gasteiger charge is 2.40. The predicted molar refractivity (Wildman–Crippen MR) is 146 cm³/mol. The number of ether oxygens (including phenoxy) is 1. The number of amides is 2. The number of carbonyl (C=O) groups excluding carboxylic acids is 2. The van der Waals surface area contributed by atoms with Gasteiger partial charge in [0.2, 0.25) is 5.91 Å². The lowest BCUT2D eigenvalue weighted by Gasteiger charge is -2.39. The maximum absolute atomic E-state index is 13.8. The van der Waals surface area contributed by atoms with Gasteiger partial charge in [0, 0.05) is 61.9 Å². The van der Waals surface area contributed by atoms with E-state index >= 15 is 0 Å². The van der Waals surface area contributed by atoms with Gasteiger partial charge in [0.05, 0.1) is 24.9 Å². The zero-order chi connectivity index (χ0) is 27.7. The van der Waals surface area contributed by atoms with Crippen LogP contribution in [0.2, 0.25) is 5.02 Å². The van der Waals surface area contributed by atoms with Crippen molar-refractivity contribution in [3.05, 3.63) is 46.6 Å². The summed E-state index contributed by atoms with van der Waals surface area (Å²) in [7, 11) is -2.43. The summed E-state index contributed by atoms with van der Waals surface area (Å²) in [6, 6.07) is 6.27. The zero-order valence-electron chi connectivity index (χ0n) is 21.6. The van der Waals surface area contributed by atoms with E-state index in [0.29, 0.717) is 36.9 Å². The molecule has 210 valence electrons. The number of methoxy groups -OCH3 is 1. The Bertz CT molecular complexity index is 1490. The van der Waals surface area contributed by atoms with Gasteiger partial charge in [0.1, 0.15) is 9.97 Å². The lowest BCUT2D eigenvalue weighted by atomic mass is 10.1. The van der Waals surface area contributed by atoms with Crippen molar-refractivity contribution in [2.75, 3.05) is 39.9 Å². The molecule has 0 bridgehead atoms. The van der Waals surface area contributed by atoms with Gasteiger partial charge in [0.25, 0.3) is 15.9 Å². The quantitative estimate of drug-likeness (QED) is 0.379. The smallest absolute Gasteiger partial charge is 0.309 e. The summed E-state index contributed by atoms with van der Waals surface area (Å²) in [6.07, 6.45) is 0.537. The zero-order valence-corrected chi connectivity index (χ0v) is 24.0. The number of oxazole rings is 1. The minimum Gasteiger partial charge on any atom is -0.436 e. The number of carbonyl (C=O) groups is 2. The number of halogens is 1. The first-order valence-electron chi connectivity index (χ1n) is 12.6. The first-order chi connectivity index (χ1) is 18.7. The molecule has 0 aliphatic carbocycles. The Labute approximate surface area is 235 Å². The third kappa shape index (κ3) is 5.98. The van der Waals surface area contributed by atoms with Crippen LogP contribution in [0, 0.1) is 0 Å². The van der Waals surface area contributed by atoms with Crippen LogP contribution in [-0.4, -0.2) is 86.4 Å². The first-order valence-corrected chi connectivity index (χ1v) is 15.3. The van der Waals surface area contributed by atoms with E-state index in [1.165, 1.54) is 16.3 Å². The molecule has 2 aromatic heterocycles. The van der Waals surface area contributed by atoms with Crippen LogP contribution in [0.15, 0.2) is 32.9 Å². The fourth-order valence-corrected chi connectivity index (χ4v) is 8.26. The molecule has 0 spiro atoms. The highest BCUT2D eigenvalue weighted by Crippen LogP contribution is 2.34. The minimum atomic E-state index is -3.96. The van der Waals surface area contributed by atoms with Crippen molar-refractivity contribution in [3.8, 4) is 0 Å². The second-order valence-electron chi connectivity index (χ2n) is 9.69. The average molecular weight is 596 g/mol. The number of benzene rings is 1. The SMILES string of the molecule is COCCNC(=O)CC1CN(C(=O)c2nc3c(o2)CNC(C)C3)CCN1S(=O)(=O)c1cc2ccc(Cl)cc2s1. The van der Waals surface area contributed by atoms with E-state index in [2.05, 4.69) is 15.6 Å². The van der Waals surface area contributed by atoms with Gasteiger partial charge in [-0.05, 0) is 30.5 Å². The summed E-state index contributed by atoms with van der Waals surface area (Å²) in [5.41, 5.74) is 0.754. The van der Waals surface area contributed by atoms with Crippen molar-refractivity contribution in [1.82, 2.24) is 24.8 Å². The molecule has 1 aromatic carbocycles. The number of fused-ring (bicyclic) bond motifs is 2. The third-order valence-electron chi connectivity index (χ3n) is 6.86. The molecule has 11 nitrogen and oxygen atoms in total. The van der Waals surface area contributed by atoms with Gasteiger partial charge in [0.15, 0.2) is 0 Å². The summed E-state index contributed by atoms with van der Waals surface area (Å²) >= 11 is 7.23. The van der Waals surface area contributed by atoms with Crippen LogP contribution in [-0.2, 0) is 32.5 Å². The van der Waals surface area contributed by atoms with Gasteiger partial charge in [-0.1, -0.05) is 17.7 Å². The van der Waals surface area contributed by atoms with Crippen LogP contribution in [0.5, 0.6) is 0 Å². The highest BCUT2D eigenvalue weighted by atomic mass is 35.5. The second kappa shape index (κ2) is 11.5. The Hall–Kier alpha value is -2.55. The lowest BCUT2D eigenvalue weighted by molar-refractivity contribution is -0.122. The maximum Gasteiger partial charge on any atom is 0.309 e. The van der Waals surface area contributed by atoms with Crippen molar-refractivity contribution in [2.24, 2.45) is 0 Å². The van der Waals surface area contributed by atoms with Crippen molar-refractivity contribution in [2.45, 2.75) is 42.6 Å². The Morgan fingerprint density at radius 2 is 2.13 bits per heavy atom. The maximum atomic E-state index is 13.8. The Balaban J connectivity index is 1.39. The van der Waals surface area contributed by atoms with Crippen LogP contribution >= 0.6 is 22.9 Å². The van der Waals surface area contributed by atoms with Crippen LogP contribution in [0.25, 0.3) is 10.1 Å². The lowest BCUT2D eigenvalue weighted by Crippen LogP contribution is -2.57. The fraction of sp³-hybridized carbons (Fsp3) is 0.480. The van der Waals surface area contributed by atoms with Gasteiger partial charge >= 0.3 is 5.91 Å². The molecule has 2 atom stereocenters. The number of hydrogen-bond donors (Lipinski definition) is 2.